The molecule has 1 aliphatic rings. The second-order valence-electron chi connectivity index (χ2n) is 6.90. The largest absolute Gasteiger partial charge is 0.313 e. The molecule has 0 radical (unpaired) electrons. The van der Waals surface area contributed by atoms with E-state index in [1.807, 2.05) is 36.4 Å². The van der Waals surface area contributed by atoms with Crippen molar-refractivity contribution in [2.45, 2.75) is 11.3 Å². The topological polar surface area (TPSA) is 64.0 Å². The number of nitrogens with zero attached hydrogens (tertiary/aromatic N) is 2. The molecule has 0 fully saturated rings. The third kappa shape index (κ3) is 2.73. The lowest BCUT2D eigenvalue weighted by molar-refractivity contribution is 0.589. The average Bonchev–Trinajstić information content (AvgIpc) is 3.14. The number of benzene rings is 2. The summed E-state index contributed by atoms with van der Waals surface area (Å²) in [6.45, 7) is 1.70. The Morgan fingerprint density at radius 3 is 2.79 bits per heavy atom. The predicted molar refractivity (Wildman–Crippen MR) is 112 cm³/mol. The molecule has 5 nitrogen and oxygen atoms in total. The van der Waals surface area contributed by atoms with Gasteiger partial charge >= 0.3 is 0 Å². The highest BCUT2D eigenvalue weighted by Gasteiger charge is 2.23. The van der Waals surface area contributed by atoms with Gasteiger partial charge in [-0.1, -0.05) is 36.4 Å². The second kappa shape index (κ2) is 6.58. The third-order valence-electron chi connectivity index (χ3n) is 5.22. The van der Waals surface area contributed by atoms with E-state index >= 15 is 0 Å². The minimum atomic E-state index is -3.74. The first kappa shape index (κ1) is 17.2. The van der Waals surface area contributed by atoms with Crippen molar-refractivity contribution in [3.8, 4) is 0 Å². The molecule has 5 rings (SSSR count). The zero-order chi connectivity index (χ0) is 19.1. The predicted octanol–water partition coefficient (Wildman–Crippen LogP) is 3.80. The molecule has 0 saturated heterocycles. The van der Waals surface area contributed by atoms with Gasteiger partial charge in [0.05, 0.1) is 15.9 Å². The third-order valence-corrected chi connectivity index (χ3v) is 6.89. The van der Waals surface area contributed by atoms with Crippen LogP contribution in [0.1, 0.15) is 12.0 Å². The number of rotatable bonds is 3. The molecule has 2 aromatic heterocycles. The molecule has 0 aliphatic carbocycles. The van der Waals surface area contributed by atoms with Crippen LogP contribution in [0, 0.1) is 0 Å². The van der Waals surface area contributed by atoms with Crippen LogP contribution in [0.2, 0.25) is 0 Å². The molecule has 0 atom stereocenters. The highest BCUT2D eigenvalue weighted by molar-refractivity contribution is 7.90. The fourth-order valence-corrected chi connectivity index (χ4v) is 5.18. The summed E-state index contributed by atoms with van der Waals surface area (Å²) in [5.41, 5.74) is 3.53. The Balaban J connectivity index is 1.72. The molecule has 1 aliphatic heterocycles. The van der Waals surface area contributed by atoms with E-state index in [4.69, 9.17) is 0 Å². The first-order chi connectivity index (χ1) is 13.6. The Labute approximate surface area is 163 Å². The summed E-state index contributed by atoms with van der Waals surface area (Å²) in [4.78, 5) is 4.54. The number of para-hydroxylation sites is 1. The Kier molecular flexibility index (Phi) is 4.03. The molecule has 28 heavy (non-hydrogen) atoms. The van der Waals surface area contributed by atoms with E-state index in [2.05, 4.69) is 16.4 Å². The normalized spacial score (nSPS) is 15.1. The summed E-state index contributed by atoms with van der Waals surface area (Å²) >= 11 is 0. The molecule has 2 aromatic carbocycles. The van der Waals surface area contributed by atoms with Crippen LogP contribution in [0.5, 0.6) is 0 Å². The number of nitrogens with one attached hydrogen (secondary N) is 1. The van der Waals surface area contributed by atoms with Crippen LogP contribution < -0.4 is 5.32 Å². The lowest BCUT2D eigenvalue weighted by Crippen LogP contribution is -2.20. The number of pyridine rings is 1. The van der Waals surface area contributed by atoms with Gasteiger partial charge in [-0.15, -0.1) is 0 Å². The van der Waals surface area contributed by atoms with E-state index < -0.39 is 10.0 Å². The first-order valence-electron chi connectivity index (χ1n) is 9.25. The van der Waals surface area contributed by atoms with Crippen LogP contribution in [0.4, 0.5) is 0 Å². The van der Waals surface area contributed by atoms with E-state index in [1.165, 1.54) is 9.55 Å². The average molecular weight is 389 g/mol. The minimum absolute atomic E-state index is 0.241. The summed E-state index contributed by atoms with van der Waals surface area (Å²) < 4.78 is 28.4. The number of hydrogen-bond donors (Lipinski definition) is 1. The Bertz CT molecular complexity index is 1340. The molecule has 140 valence electrons. The molecule has 0 bridgehead atoms. The fraction of sp³-hybridized carbons (Fsp3) is 0.136. The van der Waals surface area contributed by atoms with Crippen LogP contribution in [-0.4, -0.2) is 30.5 Å². The molecule has 0 spiro atoms. The van der Waals surface area contributed by atoms with Crippen LogP contribution in [0.3, 0.4) is 0 Å². The molecule has 0 unspecified atom stereocenters. The lowest BCUT2D eigenvalue weighted by atomic mass is 10.00. The van der Waals surface area contributed by atoms with Crippen molar-refractivity contribution in [1.82, 2.24) is 14.3 Å². The Morgan fingerprint density at radius 2 is 1.93 bits per heavy atom. The number of fused-ring (bicyclic) bond motifs is 2. The van der Waals surface area contributed by atoms with Gasteiger partial charge in [0.15, 0.2) is 0 Å². The van der Waals surface area contributed by atoms with Gasteiger partial charge in [0.2, 0.25) is 0 Å². The van der Waals surface area contributed by atoms with Crippen molar-refractivity contribution in [3.05, 3.63) is 78.6 Å². The van der Waals surface area contributed by atoms with E-state index in [0.29, 0.717) is 11.0 Å². The maximum absolute atomic E-state index is 13.5. The van der Waals surface area contributed by atoms with Crippen molar-refractivity contribution in [1.29, 1.82) is 0 Å². The van der Waals surface area contributed by atoms with Gasteiger partial charge in [-0.25, -0.2) is 12.4 Å². The van der Waals surface area contributed by atoms with Gasteiger partial charge in [0.1, 0.15) is 0 Å². The van der Waals surface area contributed by atoms with Crippen LogP contribution in [0.25, 0.3) is 27.4 Å². The molecule has 6 heteroatoms. The number of hydrogen-bond acceptors (Lipinski definition) is 4. The van der Waals surface area contributed by atoms with Crippen molar-refractivity contribution in [2.75, 3.05) is 13.1 Å². The zero-order valence-corrected chi connectivity index (χ0v) is 16.0. The monoisotopic (exact) mass is 389 g/mol. The minimum Gasteiger partial charge on any atom is -0.313 e. The highest BCUT2D eigenvalue weighted by Crippen LogP contribution is 2.32. The van der Waals surface area contributed by atoms with Gasteiger partial charge in [0.25, 0.3) is 10.0 Å². The first-order valence-corrected chi connectivity index (χ1v) is 10.7. The van der Waals surface area contributed by atoms with Crippen molar-refractivity contribution in [3.63, 3.8) is 0 Å². The van der Waals surface area contributed by atoms with E-state index in [9.17, 15) is 8.42 Å². The van der Waals surface area contributed by atoms with Gasteiger partial charge in [0, 0.05) is 35.3 Å². The lowest BCUT2D eigenvalue weighted by Gasteiger charge is -2.13. The Hall–Kier alpha value is -2.96. The van der Waals surface area contributed by atoms with Crippen molar-refractivity contribution >= 4 is 37.4 Å². The fourth-order valence-electron chi connectivity index (χ4n) is 3.79. The summed E-state index contributed by atoms with van der Waals surface area (Å²) in [5.74, 6) is 0. The summed E-state index contributed by atoms with van der Waals surface area (Å²) in [5, 5.41) is 5.18. The van der Waals surface area contributed by atoms with Gasteiger partial charge < -0.3 is 5.32 Å². The van der Waals surface area contributed by atoms with Gasteiger partial charge in [-0.05, 0) is 42.8 Å². The van der Waals surface area contributed by atoms with E-state index in [-0.39, 0.29) is 4.90 Å². The highest BCUT2D eigenvalue weighted by atomic mass is 32.2. The van der Waals surface area contributed by atoms with Crippen molar-refractivity contribution < 1.29 is 8.42 Å². The molecule has 0 amide bonds. The molecular formula is C22H19N3O2S. The van der Waals surface area contributed by atoms with Gasteiger partial charge in [-0.2, -0.15) is 0 Å². The Morgan fingerprint density at radius 1 is 1.04 bits per heavy atom. The van der Waals surface area contributed by atoms with Crippen LogP contribution >= 0.6 is 0 Å². The summed E-state index contributed by atoms with van der Waals surface area (Å²) in [7, 11) is -3.74. The second-order valence-corrected chi connectivity index (χ2v) is 8.72. The molecular weight excluding hydrogens is 370 g/mol. The molecule has 4 aromatic rings. The van der Waals surface area contributed by atoms with E-state index in [1.54, 1.807) is 30.6 Å². The molecule has 0 saturated carbocycles. The number of aromatic nitrogens is 2. The van der Waals surface area contributed by atoms with Crippen LogP contribution in [-0.2, 0) is 10.0 Å². The SMILES string of the molecule is O=S(=O)(c1ccc2cccnc2c1)n1cc(C2=CCNCC2)c2ccccc21. The standard InChI is InChI=1S/C22H19N3O2S/c26-28(27,18-8-7-17-4-3-11-24-21(17)14-18)25-15-20(16-9-12-23-13-10-16)19-5-1-2-6-22(19)25/h1-9,11,14-15,23H,10,12-13H2. The molecule has 3 heterocycles. The summed E-state index contributed by atoms with van der Waals surface area (Å²) in [6.07, 6.45) is 6.46. The molecule has 1 N–H and O–H groups in total. The zero-order valence-electron chi connectivity index (χ0n) is 15.2. The maximum atomic E-state index is 13.5. The summed E-state index contributed by atoms with van der Waals surface area (Å²) in [6, 6.07) is 16.5. The maximum Gasteiger partial charge on any atom is 0.268 e. The smallest absolute Gasteiger partial charge is 0.268 e. The quantitative estimate of drug-likeness (QED) is 0.579. The van der Waals surface area contributed by atoms with Crippen LogP contribution in [0.15, 0.2) is 78.0 Å². The van der Waals surface area contributed by atoms with E-state index in [0.717, 1.165) is 35.8 Å². The van der Waals surface area contributed by atoms with Crippen molar-refractivity contribution in [2.24, 2.45) is 0 Å². The van der Waals surface area contributed by atoms with Gasteiger partial charge in [-0.3, -0.25) is 4.98 Å².